The lowest BCUT2D eigenvalue weighted by Crippen LogP contribution is -2.17. The van der Waals surface area contributed by atoms with Crippen LogP contribution < -0.4 is 10.1 Å². The lowest BCUT2D eigenvalue weighted by molar-refractivity contribution is -0.274. The zero-order valence-electron chi connectivity index (χ0n) is 8.06. The first-order valence-electron chi connectivity index (χ1n) is 4.11. The van der Waals surface area contributed by atoms with Crippen molar-refractivity contribution in [2.45, 2.75) is 13.3 Å². The summed E-state index contributed by atoms with van der Waals surface area (Å²) >= 11 is 0. The Balaban J connectivity index is 2.87. The molecule has 0 aliphatic heterocycles. The van der Waals surface area contributed by atoms with Gasteiger partial charge in [0.25, 0.3) is 0 Å². The zero-order chi connectivity index (χ0) is 12.3. The van der Waals surface area contributed by atoms with Crippen molar-refractivity contribution >= 4 is 11.6 Å². The van der Waals surface area contributed by atoms with Crippen LogP contribution in [0, 0.1) is 5.82 Å². The smallest absolute Gasteiger partial charge is 0.406 e. The zero-order valence-corrected chi connectivity index (χ0v) is 8.06. The molecule has 1 rings (SSSR count). The number of hydrogen-bond donors (Lipinski definition) is 1. The van der Waals surface area contributed by atoms with Crippen molar-refractivity contribution in [3.05, 3.63) is 24.0 Å². The van der Waals surface area contributed by atoms with Crippen LogP contribution in [0.1, 0.15) is 6.92 Å². The van der Waals surface area contributed by atoms with E-state index in [1.165, 1.54) is 0 Å². The highest BCUT2D eigenvalue weighted by Crippen LogP contribution is 2.26. The second kappa shape index (κ2) is 4.38. The molecule has 7 heteroatoms. The van der Waals surface area contributed by atoms with Gasteiger partial charge in [-0.15, -0.1) is 13.2 Å². The summed E-state index contributed by atoms with van der Waals surface area (Å²) in [4.78, 5) is 10.6. The molecule has 0 heterocycles. The van der Waals surface area contributed by atoms with Crippen LogP contribution in [0.3, 0.4) is 0 Å². The van der Waals surface area contributed by atoms with Gasteiger partial charge in [0.2, 0.25) is 5.91 Å². The van der Waals surface area contributed by atoms with Gasteiger partial charge in [-0.3, -0.25) is 4.79 Å². The van der Waals surface area contributed by atoms with E-state index in [0.717, 1.165) is 19.1 Å². The molecule has 0 saturated heterocycles. The Morgan fingerprint density at radius 3 is 2.44 bits per heavy atom. The average Bonchev–Trinajstić information content (AvgIpc) is 2.06. The Morgan fingerprint density at radius 1 is 1.38 bits per heavy atom. The van der Waals surface area contributed by atoms with E-state index in [2.05, 4.69) is 10.1 Å². The third kappa shape index (κ3) is 3.76. The van der Waals surface area contributed by atoms with Crippen LogP contribution in [0.25, 0.3) is 0 Å². The molecule has 0 radical (unpaired) electrons. The molecule has 0 aliphatic rings. The number of carbonyl (C=O) groups is 1. The van der Waals surface area contributed by atoms with Crippen molar-refractivity contribution < 1.29 is 27.1 Å². The van der Waals surface area contributed by atoms with E-state index in [9.17, 15) is 22.4 Å². The summed E-state index contributed by atoms with van der Waals surface area (Å²) in [7, 11) is 0. The van der Waals surface area contributed by atoms with Crippen molar-refractivity contribution in [2.24, 2.45) is 0 Å². The molecule has 0 unspecified atom stereocenters. The Kier molecular flexibility index (Phi) is 3.36. The first-order chi connectivity index (χ1) is 7.28. The minimum absolute atomic E-state index is 0.206. The van der Waals surface area contributed by atoms with Crippen LogP contribution in [0.15, 0.2) is 18.2 Å². The van der Waals surface area contributed by atoms with Gasteiger partial charge in [-0.1, -0.05) is 0 Å². The van der Waals surface area contributed by atoms with E-state index in [1.54, 1.807) is 0 Å². The molecule has 0 fully saturated rings. The van der Waals surface area contributed by atoms with E-state index in [4.69, 9.17) is 0 Å². The number of rotatable bonds is 2. The maximum atomic E-state index is 13.1. The minimum atomic E-state index is -4.87. The topological polar surface area (TPSA) is 38.3 Å². The molecule has 0 bridgehead atoms. The van der Waals surface area contributed by atoms with Crippen molar-refractivity contribution in [2.75, 3.05) is 5.32 Å². The lowest BCUT2D eigenvalue weighted by Gasteiger charge is -2.10. The number of hydrogen-bond acceptors (Lipinski definition) is 2. The van der Waals surface area contributed by atoms with Crippen LogP contribution in [-0.2, 0) is 4.79 Å². The molecule has 0 atom stereocenters. The van der Waals surface area contributed by atoms with Gasteiger partial charge in [0.1, 0.15) is 11.6 Å². The fraction of sp³-hybridized carbons (Fsp3) is 0.222. The highest BCUT2D eigenvalue weighted by Gasteiger charge is 2.31. The Bertz CT molecular complexity index is 403. The number of alkyl halides is 3. The van der Waals surface area contributed by atoms with E-state index in [0.29, 0.717) is 6.07 Å². The van der Waals surface area contributed by atoms with Crippen molar-refractivity contribution in [1.82, 2.24) is 0 Å². The fourth-order valence-electron chi connectivity index (χ4n) is 0.984. The summed E-state index contributed by atoms with van der Waals surface area (Å²) in [6.45, 7) is 1.15. The predicted molar refractivity (Wildman–Crippen MR) is 47.4 cm³/mol. The van der Waals surface area contributed by atoms with E-state index < -0.39 is 23.8 Å². The molecule has 1 aromatic carbocycles. The fourth-order valence-corrected chi connectivity index (χ4v) is 0.984. The van der Waals surface area contributed by atoms with Gasteiger partial charge in [0.15, 0.2) is 0 Å². The number of anilines is 1. The van der Waals surface area contributed by atoms with Gasteiger partial charge in [-0.25, -0.2) is 4.39 Å². The van der Waals surface area contributed by atoms with Crippen molar-refractivity contribution in [3.8, 4) is 5.75 Å². The summed E-state index contributed by atoms with van der Waals surface area (Å²) in [5.74, 6) is -2.21. The standard InChI is InChI=1S/C9H7F4NO2/c1-5(15)14-8-3-2-6(4-7(8)10)16-9(11,12)13/h2-4H,1H3,(H,14,15). The largest absolute Gasteiger partial charge is 0.573 e. The quantitative estimate of drug-likeness (QED) is 0.803. The van der Waals surface area contributed by atoms with E-state index in [-0.39, 0.29) is 5.69 Å². The van der Waals surface area contributed by atoms with Gasteiger partial charge in [0, 0.05) is 13.0 Å². The summed E-state index contributed by atoms with van der Waals surface area (Å²) in [5.41, 5.74) is -0.206. The first kappa shape index (κ1) is 12.3. The number of nitrogens with one attached hydrogen (secondary N) is 1. The second-order valence-corrected chi connectivity index (χ2v) is 2.87. The third-order valence-electron chi connectivity index (χ3n) is 1.48. The van der Waals surface area contributed by atoms with Crippen LogP contribution in [-0.4, -0.2) is 12.3 Å². The highest BCUT2D eigenvalue weighted by molar-refractivity contribution is 5.88. The van der Waals surface area contributed by atoms with E-state index >= 15 is 0 Å². The van der Waals surface area contributed by atoms with Crippen LogP contribution >= 0.6 is 0 Å². The first-order valence-corrected chi connectivity index (χ1v) is 4.11. The van der Waals surface area contributed by atoms with Crippen molar-refractivity contribution in [1.29, 1.82) is 0 Å². The van der Waals surface area contributed by atoms with Crippen LogP contribution in [0.5, 0.6) is 5.75 Å². The number of amides is 1. The average molecular weight is 237 g/mol. The summed E-state index contributed by atoms with van der Waals surface area (Å²) in [6, 6.07) is 2.43. The number of carbonyl (C=O) groups excluding carboxylic acids is 1. The normalized spacial score (nSPS) is 11.1. The predicted octanol–water partition coefficient (Wildman–Crippen LogP) is 2.68. The third-order valence-corrected chi connectivity index (χ3v) is 1.48. The molecule has 16 heavy (non-hydrogen) atoms. The maximum absolute atomic E-state index is 13.1. The molecule has 0 spiro atoms. The molecule has 1 amide bonds. The molecule has 1 aromatic rings. The summed E-state index contributed by atoms with van der Waals surface area (Å²) < 4.78 is 51.9. The van der Waals surface area contributed by atoms with Gasteiger partial charge >= 0.3 is 6.36 Å². The second-order valence-electron chi connectivity index (χ2n) is 2.87. The van der Waals surface area contributed by atoms with Crippen molar-refractivity contribution in [3.63, 3.8) is 0 Å². The molecule has 1 N–H and O–H groups in total. The van der Waals surface area contributed by atoms with E-state index in [1.807, 2.05) is 0 Å². The maximum Gasteiger partial charge on any atom is 0.573 e. The Labute approximate surface area is 88.0 Å². The van der Waals surface area contributed by atoms with Gasteiger partial charge in [-0.05, 0) is 12.1 Å². The SMILES string of the molecule is CC(=O)Nc1ccc(OC(F)(F)F)cc1F. The van der Waals surface area contributed by atoms with Gasteiger partial charge in [-0.2, -0.15) is 0 Å². The highest BCUT2D eigenvalue weighted by atomic mass is 19.4. The molecule has 88 valence electrons. The van der Waals surface area contributed by atoms with Gasteiger partial charge < -0.3 is 10.1 Å². The summed E-state index contributed by atoms with van der Waals surface area (Å²) in [6.07, 6.45) is -4.87. The number of halogens is 4. The Hall–Kier alpha value is -1.79. The Morgan fingerprint density at radius 2 is 2.00 bits per heavy atom. The van der Waals surface area contributed by atoms with Crippen LogP contribution in [0.4, 0.5) is 23.2 Å². The summed E-state index contributed by atoms with van der Waals surface area (Å²) in [5, 5.41) is 2.11. The molecule has 0 saturated carbocycles. The molecule has 0 aliphatic carbocycles. The lowest BCUT2D eigenvalue weighted by atomic mass is 10.3. The van der Waals surface area contributed by atoms with Gasteiger partial charge in [0.05, 0.1) is 5.69 Å². The monoisotopic (exact) mass is 237 g/mol. The molecule has 3 nitrogen and oxygen atoms in total. The molecular formula is C9H7F4NO2. The number of ether oxygens (including phenoxy) is 1. The van der Waals surface area contributed by atoms with Crippen LogP contribution in [0.2, 0.25) is 0 Å². The number of benzene rings is 1. The molecular weight excluding hydrogens is 230 g/mol. The molecule has 0 aromatic heterocycles. The minimum Gasteiger partial charge on any atom is -0.406 e.